The number of anilines is 2. The Labute approximate surface area is 190 Å². The van der Waals surface area contributed by atoms with Gasteiger partial charge >= 0.3 is 0 Å². The molecule has 0 bridgehead atoms. The Morgan fingerprint density at radius 1 is 0.875 bits per heavy atom. The highest BCUT2D eigenvalue weighted by molar-refractivity contribution is 7.92. The van der Waals surface area contributed by atoms with Crippen LogP contribution in [0.25, 0.3) is 0 Å². The predicted octanol–water partition coefficient (Wildman–Crippen LogP) is 3.90. The molecule has 0 saturated carbocycles. The summed E-state index contributed by atoms with van der Waals surface area (Å²) in [6.45, 7) is 4.06. The fourth-order valence-corrected chi connectivity index (χ4v) is 5.41. The van der Waals surface area contributed by atoms with Gasteiger partial charge in [0, 0.05) is 26.0 Å². The molecule has 0 saturated heterocycles. The average molecular weight is 474 g/mol. The molecule has 1 aromatic heterocycles. The van der Waals surface area contributed by atoms with E-state index >= 15 is 0 Å². The smallest absolute Gasteiger partial charge is 0.265 e. The number of sulfonamides is 1. The minimum absolute atomic E-state index is 0.102. The van der Waals surface area contributed by atoms with Gasteiger partial charge in [0.2, 0.25) is 0 Å². The van der Waals surface area contributed by atoms with Gasteiger partial charge in [-0.25, -0.2) is 21.8 Å². The van der Waals surface area contributed by atoms with E-state index in [0.29, 0.717) is 18.1 Å². The Balaban J connectivity index is 1.82. The van der Waals surface area contributed by atoms with Gasteiger partial charge in [0.1, 0.15) is 10.7 Å². The lowest BCUT2D eigenvalue weighted by molar-refractivity contribution is 0.591. The fraction of sp³-hybridized carbons (Fsp3) is 0.261. The van der Waals surface area contributed by atoms with E-state index in [1.165, 1.54) is 16.8 Å². The van der Waals surface area contributed by atoms with Crippen LogP contribution in [0, 0.1) is 0 Å². The fourth-order valence-electron chi connectivity index (χ4n) is 3.36. The van der Waals surface area contributed by atoms with Crippen molar-refractivity contribution in [2.24, 2.45) is 0 Å². The van der Waals surface area contributed by atoms with E-state index in [1.54, 1.807) is 67.6 Å². The summed E-state index contributed by atoms with van der Waals surface area (Å²) in [5, 5.41) is 0. The van der Waals surface area contributed by atoms with Crippen LogP contribution in [-0.2, 0) is 19.9 Å². The SMILES string of the molecule is CCN(c1ccccc1)S(=O)(=O)c1ccc(N(C)[C@H](C)c2ccc(S(C)(=O)=O)cc2)nc1. The zero-order valence-corrected chi connectivity index (χ0v) is 20.1. The van der Waals surface area contributed by atoms with Gasteiger partial charge in [0.05, 0.1) is 16.6 Å². The normalized spacial score (nSPS) is 12.9. The molecule has 0 spiro atoms. The maximum atomic E-state index is 13.1. The number of nitrogens with zero attached hydrogens (tertiary/aromatic N) is 3. The second kappa shape index (κ2) is 9.30. The number of hydrogen-bond acceptors (Lipinski definition) is 6. The van der Waals surface area contributed by atoms with E-state index in [1.807, 2.05) is 24.9 Å². The van der Waals surface area contributed by atoms with E-state index in [0.717, 1.165) is 5.56 Å². The molecule has 7 nitrogen and oxygen atoms in total. The topological polar surface area (TPSA) is 87.7 Å². The van der Waals surface area contributed by atoms with Crippen molar-refractivity contribution in [3.05, 3.63) is 78.5 Å². The molecule has 1 heterocycles. The molecular weight excluding hydrogens is 446 g/mol. The molecule has 1 atom stereocenters. The third-order valence-corrected chi connectivity index (χ3v) is 8.39. The van der Waals surface area contributed by atoms with Crippen molar-refractivity contribution < 1.29 is 16.8 Å². The molecule has 9 heteroatoms. The molecule has 3 aromatic rings. The second-order valence-corrected chi connectivity index (χ2v) is 11.4. The molecule has 0 radical (unpaired) electrons. The van der Waals surface area contributed by atoms with Gasteiger partial charge in [0.15, 0.2) is 9.84 Å². The summed E-state index contributed by atoms with van der Waals surface area (Å²) < 4.78 is 51.0. The van der Waals surface area contributed by atoms with Gasteiger partial charge < -0.3 is 4.90 Å². The maximum Gasteiger partial charge on any atom is 0.265 e. The quantitative estimate of drug-likeness (QED) is 0.493. The second-order valence-electron chi connectivity index (χ2n) is 7.49. The highest BCUT2D eigenvalue weighted by Crippen LogP contribution is 2.27. The van der Waals surface area contributed by atoms with Crippen molar-refractivity contribution in [1.82, 2.24) is 4.98 Å². The van der Waals surface area contributed by atoms with Crippen LogP contribution in [0.2, 0.25) is 0 Å². The third-order valence-electron chi connectivity index (χ3n) is 5.37. The van der Waals surface area contributed by atoms with Crippen LogP contribution in [-0.4, -0.2) is 41.7 Å². The number of rotatable bonds is 8. The van der Waals surface area contributed by atoms with E-state index in [-0.39, 0.29) is 15.8 Å². The Kier molecular flexibility index (Phi) is 6.90. The van der Waals surface area contributed by atoms with Crippen LogP contribution >= 0.6 is 0 Å². The number of para-hydroxylation sites is 1. The van der Waals surface area contributed by atoms with E-state index < -0.39 is 19.9 Å². The van der Waals surface area contributed by atoms with Crippen molar-refractivity contribution in [1.29, 1.82) is 0 Å². The molecule has 0 aliphatic carbocycles. The highest BCUT2D eigenvalue weighted by atomic mass is 32.2. The summed E-state index contributed by atoms with van der Waals surface area (Å²) in [5.74, 6) is 0.603. The van der Waals surface area contributed by atoms with Gasteiger partial charge in [-0.3, -0.25) is 4.31 Å². The molecule has 32 heavy (non-hydrogen) atoms. The van der Waals surface area contributed by atoms with E-state index in [4.69, 9.17) is 0 Å². The first-order valence-electron chi connectivity index (χ1n) is 10.1. The minimum atomic E-state index is -3.74. The summed E-state index contributed by atoms with van der Waals surface area (Å²) in [6.07, 6.45) is 2.54. The summed E-state index contributed by atoms with van der Waals surface area (Å²) in [4.78, 5) is 6.67. The van der Waals surface area contributed by atoms with Crippen LogP contribution in [0.4, 0.5) is 11.5 Å². The number of hydrogen-bond donors (Lipinski definition) is 0. The van der Waals surface area contributed by atoms with Crippen molar-refractivity contribution in [2.45, 2.75) is 29.7 Å². The Hall–Kier alpha value is -2.91. The molecule has 0 unspecified atom stereocenters. The monoisotopic (exact) mass is 473 g/mol. The van der Waals surface area contributed by atoms with Crippen molar-refractivity contribution in [3.8, 4) is 0 Å². The molecule has 170 valence electrons. The Morgan fingerprint density at radius 2 is 1.47 bits per heavy atom. The van der Waals surface area contributed by atoms with Gasteiger partial charge in [-0.05, 0) is 55.8 Å². The van der Waals surface area contributed by atoms with Crippen molar-refractivity contribution >= 4 is 31.4 Å². The van der Waals surface area contributed by atoms with E-state index in [9.17, 15) is 16.8 Å². The Bertz CT molecular complexity index is 1260. The van der Waals surface area contributed by atoms with Crippen LogP contribution in [0.1, 0.15) is 25.5 Å². The first-order valence-corrected chi connectivity index (χ1v) is 13.5. The number of sulfone groups is 1. The lowest BCUT2D eigenvalue weighted by Crippen LogP contribution is -2.31. The van der Waals surface area contributed by atoms with Crippen LogP contribution < -0.4 is 9.21 Å². The van der Waals surface area contributed by atoms with Crippen molar-refractivity contribution in [3.63, 3.8) is 0 Å². The standard InChI is InChI=1S/C23H27N3O4S2/c1-5-26(20-9-7-6-8-10-20)32(29,30)22-15-16-23(24-17-22)25(3)18(2)19-11-13-21(14-12-19)31(4,27)28/h6-18H,5H2,1-4H3/t18-/m1/s1. The van der Waals surface area contributed by atoms with Gasteiger partial charge in [-0.2, -0.15) is 0 Å². The average Bonchev–Trinajstić information content (AvgIpc) is 2.79. The predicted molar refractivity (Wildman–Crippen MR) is 127 cm³/mol. The number of aromatic nitrogens is 1. The first kappa shape index (κ1) is 23.7. The minimum Gasteiger partial charge on any atom is -0.353 e. The molecular formula is C23H27N3O4S2. The zero-order valence-electron chi connectivity index (χ0n) is 18.5. The zero-order chi connectivity index (χ0) is 23.5. The molecule has 0 aliphatic heterocycles. The van der Waals surface area contributed by atoms with Crippen LogP contribution in [0.5, 0.6) is 0 Å². The maximum absolute atomic E-state index is 13.1. The number of benzene rings is 2. The Morgan fingerprint density at radius 3 is 1.97 bits per heavy atom. The van der Waals surface area contributed by atoms with Gasteiger partial charge in [-0.15, -0.1) is 0 Å². The van der Waals surface area contributed by atoms with Gasteiger partial charge in [-0.1, -0.05) is 30.3 Å². The lowest BCUT2D eigenvalue weighted by Gasteiger charge is -2.27. The molecule has 0 amide bonds. The first-order chi connectivity index (χ1) is 15.1. The molecule has 2 aromatic carbocycles. The molecule has 3 rings (SSSR count). The van der Waals surface area contributed by atoms with Crippen molar-refractivity contribution in [2.75, 3.05) is 29.1 Å². The highest BCUT2D eigenvalue weighted by Gasteiger charge is 2.24. The lowest BCUT2D eigenvalue weighted by atomic mass is 10.1. The molecule has 0 fully saturated rings. The van der Waals surface area contributed by atoms with Gasteiger partial charge in [0.25, 0.3) is 10.0 Å². The molecule has 0 N–H and O–H groups in total. The largest absolute Gasteiger partial charge is 0.353 e. The third kappa shape index (κ3) is 4.94. The van der Waals surface area contributed by atoms with Crippen LogP contribution in [0.15, 0.2) is 82.7 Å². The van der Waals surface area contributed by atoms with E-state index in [2.05, 4.69) is 4.98 Å². The summed E-state index contributed by atoms with van der Waals surface area (Å²) in [5.41, 5.74) is 1.52. The molecule has 0 aliphatic rings. The summed E-state index contributed by atoms with van der Waals surface area (Å²) in [7, 11) is -5.14. The van der Waals surface area contributed by atoms with Crippen LogP contribution in [0.3, 0.4) is 0 Å². The number of pyridine rings is 1. The summed E-state index contributed by atoms with van der Waals surface area (Å²) >= 11 is 0. The summed E-state index contributed by atoms with van der Waals surface area (Å²) in [6, 6.07) is 18.8.